The lowest BCUT2D eigenvalue weighted by Gasteiger charge is -2.17. The Morgan fingerprint density at radius 1 is 1.38 bits per heavy atom. The first-order chi connectivity index (χ1) is 7.54. The summed E-state index contributed by atoms with van der Waals surface area (Å²) in [6.45, 7) is 2.56. The molecule has 16 heavy (non-hydrogen) atoms. The molecule has 0 aromatic heterocycles. The monoisotopic (exact) mass is 229 g/mol. The second-order valence-electron chi connectivity index (χ2n) is 4.07. The first kappa shape index (κ1) is 13.1. The number of hydrogen-bond donors (Lipinski definition) is 1. The van der Waals surface area contributed by atoms with E-state index in [4.69, 9.17) is 10.5 Å². The van der Waals surface area contributed by atoms with Crippen LogP contribution in [0.5, 0.6) is 0 Å². The molecule has 0 saturated heterocycles. The second kappa shape index (κ2) is 5.92. The number of hydrogen-bond acceptors (Lipinski definition) is 2. The van der Waals surface area contributed by atoms with Crippen molar-refractivity contribution in [3.05, 3.63) is 35.4 Å². The van der Waals surface area contributed by atoms with Crippen molar-refractivity contribution in [1.82, 2.24) is 0 Å². The molecule has 90 valence electrons. The van der Waals surface area contributed by atoms with Crippen LogP contribution in [0.4, 0.5) is 8.78 Å². The Morgan fingerprint density at radius 3 is 2.62 bits per heavy atom. The maximum atomic E-state index is 13.4. The van der Waals surface area contributed by atoms with Crippen molar-refractivity contribution in [1.29, 1.82) is 0 Å². The van der Waals surface area contributed by atoms with Gasteiger partial charge in [-0.1, -0.05) is 13.0 Å². The van der Waals surface area contributed by atoms with Crippen LogP contribution in [-0.4, -0.2) is 13.7 Å². The Morgan fingerprint density at radius 2 is 2.06 bits per heavy atom. The standard InChI is InChI=1S/C12H17F2NO/c1-8(7-16-2)5-12(15)10-4-3-9(13)6-11(10)14/h3-4,6,8,12H,5,7,15H2,1-2H3. The average Bonchev–Trinajstić information content (AvgIpc) is 2.17. The van der Waals surface area contributed by atoms with E-state index < -0.39 is 17.7 Å². The molecule has 0 saturated carbocycles. The number of halogens is 2. The van der Waals surface area contributed by atoms with E-state index in [2.05, 4.69) is 0 Å². The van der Waals surface area contributed by atoms with E-state index in [1.165, 1.54) is 12.1 Å². The topological polar surface area (TPSA) is 35.2 Å². The predicted molar refractivity (Wildman–Crippen MR) is 58.9 cm³/mol. The quantitative estimate of drug-likeness (QED) is 0.842. The van der Waals surface area contributed by atoms with Gasteiger partial charge in [-0.15, -0.1) is 0 Å². The summed E-state index contributed by atoms with van der Waals surface area (Å²) in [5.74, 6) is -0.931. The summed E-state index contributed by atoms with van der Waals surface area (Å²) in [4.78, 5) is 0. The zero-order valence-corrected chi connectivity index (χ0v) is 9.54. The molecule has 1 rings (SSSR count). The van der Waals surface area contributed by atoms with Crippen LogP contribution in [-0.2, 0) is 4.74 Å². The molecule has 4 heteroatoms. The van der Waals surface area contributed by atoms with Crippen LogP contribution in [0.3, 0.4) is 0 Å². The van der Waals surface area contributed by atoms with Crippen LogP contribution < -0.4 is 5.73 Å². The van der Waals surface area contributed by atoms with Gasteiger partial charge in [0.1, 0.15) is 11.6 Å². The molecule has 1 aromatic rings. The molecule has 0 aliphatic heterocycles. The van der Waals surface area contributed by atoms with E-state index in [-0.39, 0.29) is 5.92 Å². The van der Waals surface area contributed by atoms with Gasteiger partial charge in [-0.3, -0.25) is 0 Å². The summed E-state index contributed by atoms with van der Waals surface area (Å²) in [7, 11) is 1.61. The zero-order chi connectivity index (χ0) is 12.1. The molecule has 0 bridgehead atoms. The molecular weight excluding hydrogens is 212 g/mol. The molecule has 0 amide bonds. The summed E-state index contributed by atoms with van der Waals surface area (Å²) < 4.78 is 31.1. The van der Waals surface area contributed by atoms with Crippen molar-refractivity contribution in [3.63, 3.8) is 0 Å². The molecule has 2 unspecified atom stereocenters. The summed E-state index contributed by atoms with van der Waals surface area (Å²) in [5, 5.41) is 0. The normalized spacial score (nSPS) is 14.8. The summed E-state index contributed by atoms with van der Waals surface area (Å²) in [5.41, 5.74) is 6.21. The largest absolute Gasteiger partial charge is 0.384 e. The predicted octanol–water partition coefficient (Wildman–Crippen LogP) is 2.64. The Bertz CT molecular complexity index is 344. The van der Waals surface area contributed by atoms with E-state index in [1.54, 1.807) is 7.11 Å². The van der Waals surface area contributed by atoms with Gasteiger partial charge in [0.25, 0.3) is 0 Å². The number of nitrogens with two attached hydrogens (primary N) is 1. The van der Waals surface area contributed by atoms with Crippen LogP contribution in [0.1, 0.15) is 24.9 Å². The van der Waals surface area contributed by atoms with Crippen LogP contribution in [0.15, 0.2) is 18.2 Å². The Kier molecular flexibility index (Phi) is 4.83. The highest BCUT2D eigenvalue weighted by Gasteiger charge is 2.15. The minimum absolute atomic E-state index is 0.240. The summed E-state index contributed by atoms with van der Waals surface area (Å²) in [6.07, 6.45) is 0.608. The van der Waals surface area contributed by atoms with E-state index >= 15 is 0 Å². The lowest BCUT2D eigenvalue weighted by molar-refractivity contribution is 0.152. The Labute approximate surface area is 94.4 Å². The minimum atomic E-state index is -0.586. The zero-order valence-electron chi connectivity index (χ0n) is 9.54. The molecule has 1 aromatic carbocycles. The maximum absolute atomic E-state index is 13.4. The van der Waals surface area contributed by atoms with E-state index in [9.17, 15) is 8.78 Å². The third kappa shape index (κ3) is 3.54. The third-order valence-corrected chi connectivity index (χ3v) is 2.47. The smallest absolute Gasteiger partial charge is 0.130 e. The third-order valence-electron chi connectivity index (χ3n) is 2.47. The van der Waals surface area contributed by atoms with Gasteiger partial charge in [-0.05, 0) is 18.4 Å². The summed E-state index contributed by atoms with van der Waals surface area (Å²) >= 11 is 0. The van der Waals surface area contributed by atoms with Gasteiger partial charge in [-0.2, -0.15) is 0 Å². The van der Waals surface area contributed by atoms with E-state index in [0.717, 1.165) is 6.07 Å². The fourth-order valence-electron chi connectivity index (χ4n) is 1.72. The molecule has 2 N–H and O–H groups in total. The second-order valence-corrected chi connectivity index (χ2v) is 4.07. The lowest BCUT2D eigenvalue weighted by Crippen LogP contribution is -2.17. The molecule has 0 aliphatic rings. The van der Waals surface area contributed by atoms with Gasteiger partial charge in [0.05, 0.1) is 0 Å². The van der Waals surface area contributed by atoms with E-state index in [0.29, 0.717) is 18.6 Å². The van der Waals surface area contributed by atoms with Crippen LogP contribution in [0.25, 0.3) is 0 Å². The van der Waals surface area contributed by atoms with Crippen molar-refractivity contribution in [3.8, 4) is 0 Å². The highest BCUT2D eigenvalue weighted by Crippen LogP contribution is 2.22. The van der Waals surface area contributed by atoms with Crippen LogP contribution in [0, 0.1) is 17.6 Å². The number of benzene rings is 1. The molecule has 0 aliphatic carbocycles. The average molecular weight is 229 g/mol. The van der Waals surface area contributed by atoms with Gasteiger partial charge in [0.15, 0.2) is 0 Å². The first-order valence-electron chi connectivity index (χ1n) is 5.24. The first-order valence-corrected chi connectivity index (χ1v) is 5.24. The SMILES string of the molecule is COCC(C)CC(N)c1ccc(F)cc1F. The highest BCUT2D eigenvalue weighted by atomic mass is 19.1. The van der Waals surface area contributed by atoms with Gasteiger partial charge in [0.2, 0.25) is 0 Å². The fourth-order valence-corrected chi connectivity index (χ4v) is 1.72. The van der Waals surface area contributed by atoms with E-state index in [1.807, 2.05) is 6.92 Å². The molecule has 0 spiro atoms. The van der Waals surface area contributed by atoms with Gasteiger partial charge in [0, 0.05) is 31.4 Å². The van der Waals surface area contributed by atoms with Crippen LogP contribution >= 0.6 is 0 Å². The molecule has 0 radical (unpaired) electrons. The van der Waals surface area contributed by atoms with Gasteiger partial charge in [-0.25, -0.2) is 8.78 Å². The van der Waals surface area contributed by atoms with Crippen LogP contribution in [0.2, 0.25) is 0 Å². The Balaban J connectivity index is 2.69. The molecule has 2 nitrogen and oxygen atoms in total. The fraction of sp³-hybridized carbons (Fsp3) is 0.500. The maximum Gasteiger partial charge on any atom is 0.130 e. The van der Waals surface area contributed by atoms with Gasteiger partial charge < -0.3 is 10.5 Å². The number of methoxy groups -OCH3 is 1. The summed E-state index contributed by atoms with van der Waals surface area (Å²) in [6, 6.07) is 3.05. The molecular formula is C12H17F2NO. The minimum Gasteiger partial charge on any atom is -0.384 e. The molecule has 2 atom stereocenters. The van der Waals surface area contributed by atoms with Crippen molar-refractivity contribution >= 4 is 0 Å². The molecule has 0 heterocycles. The highest BCUT2D eigenvalue weighted by molar-refractivity contribution is 5.21. The van der Waals surface area contributed by atoms with Crippen molar-refractivity contribution in [2.45, 2.75) is 19.4 Å². The van der Waals surface area contributed by atoms with Gasteiger partial charge >= 0.3 is 0 Å². The number of rotatable bonds is 5. The lowest BCUT2D eigenvalue weighted by atomic mass is 9.97. The number of ether oxygens (including phenoxy) is 1. The molecule has 0 fully saturated rings. The van der Waals surface area contributed by atoms with Crippen molar-refractivity contribution in [2.75, 3.05) is 13.7 Å². The van der Waals surface area contributed by atoms with Crippen molar-refractivity contribution in [2.24, 2.45) is 11.7 Å². The van der Waals surface area contributed by atoms with Crippen molar-refractivity contribution < 1.29 is 13.5 Å². The Hall–Kier alpha value is -1.00.